The van der Waals surface area contributed by atoms with E-state index >= 15 is 0 Å². The van der Waals surface area contributed by atoms with Crippen LogP contribution in [-0.4, -0.2) is 18.4 Å². The highest BCUT2D eigenvalue weighted by Crippen LogP contribution is 1.83. The summed E-state index contributed by atoms with van der Waals surface area (Å²) in [6.07, 6.45) is 1.18. The number of hydrogen-bond donors (Lipinski definition) is 0. The quantitative estimate of drug-likeness (QED) is 0.407. The normalized spacial score (nSPS) is 8.67. The predicted molar refractivity (Wildman–Crippen MR) is 31.6 cm³/mol. The zero-order chi connectivity index (χ0) is 7.28. The lowest BCUT2D eigenvalue weighted by Crippen LogP contribution is -2.16. The third kappa shape index (κ3) is 2.85. The van der Waals surface area contributed by atoms with Gasteiger partial charge >= 0.3 is 5.97 Å². The van der Waals surface area contributed by atoms with Gasteiger partial charge < -0.3 is 4.74 Å². The molecule has 0 aliphatic heterocycles. The molecule has 0 N–H and O–H groups in total. The highest BCUT2D eigenvalue weighted by molar-refractivity contribution is 6.36. The Morgan fingerprint density at radius 3 is 2.44 bits per heavy atom. The van der Waals surface area contributed by atoms with E-state index in [1.165, 1.54) is 13.3 Å². The minimum absolute atomic E-state index is 0.248. The summed E-state index contributed by atoms with van der Waals surface area (Å²) >= 11 is 0. The first-order valence-corrected chi connectivity index (χ1v) is 2.72. The molecule has 0 rings (SSSR count). The maximum Gasteiger partial charge on any atom is 0.374 e. The number of rotatable bonds is 3. The Hall–Kier alpha value is -0.860. The fraction of sp³-hybridized carbons (Fsp3) is 0.500. The van der Waals surface area contributed by atoms with Crippen molar-refractivity contribution in [2.75, 3.05) is 6.61 Å². The van der Waals surface area contributed by atoms with Crippen LogP contribution in [0.2, 0.25) is 0 Å². The Bertz CT molecular complexity index is 117. The molecule has 0 aromatic heterocycles. The van der Waals surface area contributed by atoms with E-state index in [0.717, 1.165) is 0 Å². The van der Waals surface area contributed by atoms with E-state index in [4.69, 9.17) is 0 Å². The standard InChI is InChI=1S/C6H9O3/c1-3-5(7)6(8)9-4-2/h3H,4H2,1-2H3. The van der Waals surface area contributed by atoms with Crippen molar-refractivity contribution in [3.63, 3.8) is 0 Å². The highest BCUT2D eigenvalue weighted by Gasteiger charge is 2.10. The zero-order valence-corrected chi connectivity index (χ0v) is 5.51. The number of Topliss-reactive ketones (excluding diaryl/α,β-unsaturated/α-hetero) is 1. The van der Waals surface area contributed by atoms with Crippen LogP contribution in [-0.2, 0) is 14.3 Å². The van der Waals surface area contributed by atoms with Crippen molar-refractivity contribution >= 4 is 11.8 Å². The molecular weight excluding hydrogens is 120 g/mol. The van der Waals surface area contributed by atoms with Crippen molar-refractivity contribution in [2.45, 2.75) is 13.8 Å². The van der Waals surface area contributed by atoms with Gasteiger partial charge in [0.2, 0.25) is 5.78 Å². The number of esters is 1. The molecule has 0 saturated heterocycles. The number of carbonyl (C=O) groups is 2. The minimum Gasteiger partial charge on any atom is -0.460 e. The summed E-state index contributed by atoms with van der Waals surface area (Å²) in [7, 11) is 0. The van der Waals surface area contributed by atoms with E-state index < -0.39 is 11.8 Å². The van der Waals surface area contributed by atoms with Crippen LogP contribution in [0.5, 0.6) is 0 Å². The fourth-order valence-corrected chi connectivity index (χ4v) is 0.320. The van der Waals surface area contributed by atoms with E-state index in [9.17, 15) is 9.59 Å². The molecule has 0 amide bonds. The Morgan fingerprint density at radius 2 is 2.11 bits per heavy atom. The van der Waals surface area contributed by atoms with E-state index in [2.05, 4.69) is 4.74 Å². The maximum atomic E-state index is 10.4. The van der Waals surface area contributed by atoms with Crippen molar-refractivity contribution in [3.05, 3.63) is 6.42 Å². The molecule has 0 saturated carbocycles. The van der Waals surface area contributed by atoms with Crippen LogP contribution in [0.25, 0.3) is 0 Å². The predicted octanol–water partition coefficient (Wildman–Crippen LogP) is 0.343. The summed E-state index contributed by atoms with van der Waals surface area (Å²) in [5, 5.41) is 0. The van der Waals surface area contributed by atoms with Crippen LogP contribution in [0.1, 0.15) is 13.8 Å². The van der Waals surface area contributed by atoms with Gasteiger partial charge in [0.15, 0.2) is 0 Å². The fourth-order valence-electron chi connectivity index (χ4n) is 0.320. The van der Waals surface area contributed by atoms with Gasteiger partial charge in [-0.3, -0.25) is 4.79 Å². The van der Waals surface area contributed by atoms with Gasteiger partial charge in [-0.1, -0.05) is 6.92 Å². The van der Waals surface area contributed by atoms with Crippen LogP contribution in [0, 0.1) is 6.42 Å². The Morgan fingerprint density at radius 1 is 1.56 bits per heavy atom. The first kappa shape index (κ1) is 8.14. The molecule has 0 aliphatic rings. The molecule has 0 heterocycles. The number of ketones is 1. The summed E-state index contributed by atoms with van der Waals surface area (Å²) in [4.78, 5) is 20.7. The van der Waals surface area contributed by atoms with Crippen molar-refractivity contribution < 1.29 is 14.3 Å². The van der Waals surface area contributed by atoms with Gasteiger partial charge in [-0.15, -0.1) is 0 Å². The summed E-state index contributed by atoms with van der Waals surface area (Å²) < 4.78 is 4.37. The molecule has 0 atom stereocenters. The zero-order valence-electron chi connectivity index (χ0n) is 5.51. The van der Waals surface area contributed by atoms with Crippen molar-refractivity contribution in [2.24, 2.45) is 0 Å². The molecule has 0 unspecified atom stereocenters. The second kappa shape index (κ2) is 4.06. The molecule has 3 nitrogen and oxygen atoms in total. The molecule has 0 bridgehead atoms. The van der Waals surface area contributed by atoms with Gasteiger partial charge in [0.1, 0.15) is 0 Å². The topological polar surface area (TPSA) is 43.4 Å². The second-order valence-electron chi connectivity index (χ2n) is 1.37. The van der Waals surface area contributed by atoms with Gasteiger partial charge in [0.05, 0.1) is 6.61 Å². The van der Waals surface area contributed by atoms with Gasteiger partial charge in [-0.05, 0) is 6.92 Å². The van der Waals surface area contributed by atoms with Crippen LogP contribution in [0.15, 0.2) is 0 Å². The second-order valence-corrected chi connectivity index (χ2v) is 1.37. The molecule has 9 heavy (non-hydrogen) atoms. The molecule has 0 aliphatic carbocycles. The SMILES string of the molecule is C[CH]C(=O)C(=O)OCC. The largest absolute Gasteiger partial charge is 0.460 e. The first-order chi connectivity index (χ1) is 4.22. The smallest absolute Gasteiger partial charge is 0.374 e. The lowest BCUT2D eigenvalue weighted by molar-refractivity contribution is -0.151. The molecule has 0 aromatic carbocycles. The van der Waals surface area contributed by atoms with Gasteiger partial charge in [0, 0.05) is 6.42 Å². The third-order valence-electron chi connectivity index (χ3n) is 0.739. The van der Waals surface area contributed by atoms with Crippen molar-refractivity contribution in [3.8, 4) is 0 Å². The number of carbonyl (C=O) groups excluding carboxylic acids is 2. The van der Waals surface area contributed by atoms with E-state index in [1.54, 1.807) is 6.92 Å². The summed E-state index contributed by atoms with van der Waals surface area (Å²) in [6.45, 7) is 3.40. The van der Waals surface area contributed by atoms with Crippen LogP contribution < -0.4 is 0 Å². The monoisotopic (exact) mass is 129 g/mol. The highest BCUT2D eigenvalue weighted by atomic mass is 16.5. The molecule has 3 heteroatoms. The molecule has 51 valence electrons. The molecule has 0 aromatic rings. The van der Waals surface area contributed by atoms with E-state index in [0.29, 0.717) is 0 Å². The number of hydrogen-bond acceptors (Lipinski definition) is 3. The van der Waals surface area contributed by atoms with Crippen LogP contribution in [0.4, 0.5) is 0 Å². The van der Waals surface area contributed by atoms with Crippen LogP contribution >= 0.6 is 0 Å². The Kier molecular flexibility index (Phi) is 3.67. The van der Waals surface area contributed by atoms with Gasteiger partial charge in [-0.25, -0.2) is 4.79 Å². The molecule has 0 fully saturated rings. The van der Waals surface area contributed by atoms with Crippen LogP contribution in [0.3, 0.4) is 0 Å². The van der Waals surface area contributed by atoms with Crippen molar-refractivity contribution in [1.82, 2.24) is 0 Å². The summed E-state index contributed by atoms with van der Waals surface area (Å²) in [6, 6.07) is 0. The van der Waals surface area contributed by atoms with E-state index in [-0.39, 0.29) is 6.61 Å². The lowest BCUT2D eigenvalue weighted by Gasteiger charge is -1.95. The van der Waals surface area contributed by atoms with E-state index in [1.807, 2.05) is 0 Å². The Balaban J connectivity index is 3.60. The average molecular weight is 129 g/mol. The molecular formula is C6H9O3. The lowest BCUT2D eigenvalue weighted by atomic mass is 10.3. The maximum absolute atomic E-state index is 10.4. The summed E-state index contributed by atoms with van der Waals surface area (Å²) in [5.41, 5.74) is 0. The molecule has 1 radical (unpaired) electrons. The van der Waals surface area contributed by atoms with Gasteiger partial charge in [-0.2, -0.15) is 0 Å². The summed E-state index contributed by atoms with van der Waals surface area (Å²) in [5.74, 6) is -1.36. The van der Waals surface area contributed by atoms with Crippen molar-refractivity contribution in [1.29, 1.82) is 0 Å². The third-order valence-corrected chi connectivity index (χ3v) is 0.739. The minimum atomic E-state index is -0.778. The Labute approximate surface area is 54.0 Å². The average Bonchev–Trinajstić information content (AvgIpc) is 1.87. The first-order valence-electron chi connectivity index (χ1n) is 2.72. The van der Waals surface area contributed by atoms with Gasteiger partial charge in [0.25, 0.3) is 0 Å². The number of ether oxygens (including phenoxy) is 1. The molecule has 0 spiro atoms.